The standard InChI is InChI=1S/C20H29N3O4/c1-4-27-20(26)22-11-9-18(10-12-22)23(16(3)24)14-19(25)21-13-17-7-5-15(2)6-8-17/h5-8,18H,4,9-14H2,1-3H3,(H,21,25). The fourth-order valence-electron chi connectivity index (χ4n) is 3.19. The van der Waals surface area contributed by atoms with Crippen LogP contribution in [0.1, 0.15) is 37.8 Å². The first-order valence-electron chi connectivity index (χ1n) is 9.41. The van der Waals surface area contributed by atoms with Crippen LogP contribution in [0.4, 0.5) is 4.79 Å². The van der Waals surface area contributed by atoms with E-state index in [0.29, 0.717) is 39.1 Å². The summed E-state index contributed by atoms with van der Waals surface area (Å²) in [6.45, 7) is 7.14. The predicted molar refractivity (Wildman–Crippen MR) is 102 cm³/mol. The first kappa shape index (κ1) is 20.7. The van der Waals surface area contributed by atoms with Gasteiger partial charge in [-0.25, -0.2) is 4.79 Å². The summed E-state index contributed by atoms with van der Waals surface area (Å²) in [5.74, 6) is -0.311. The molecule has 2 rings (SSSR count). The third kappa shape index (κ3) is 6.27. The van der Waals surface area contributed by atoms with Crippen LogP contribution < -0.4 is 5.32 Å². The lowest BCUT2D eigenvalue weighted by Gasteiger charge is -2.37. The van der Waals surface area contributed by atoms with Crippen LogP contribution >= 0.6 is 0 Å². The Balaban J connectivity index is 1.84. The van der Waals surface area contributed by atoms with Gasteiger partial charge in [0.25, 0.3) is 0 Å². The molecule has 0 bridgehead atoms. The van der Waals surface area contributed by atoms with Crippen molar-refractivity contribution in [3.8, 4) is 0 Å². The second-order valence-electron chi connectivity index (χ2n) is 6.83. The normalized spacial score (nSPS) is 14.6. The summed E-state index contributed by atoms with van der Waals surface area (Å²) in [6, 6.07) is 7.91. The quantitative estimate of drug-likeness (QED) is 0.826. The number of nitrogens with one attached hydrogen (secondary N) is 1. The lowest BCUT2D eigenvalue weighted by molar-refractivity contribution is -0.137. The number of benzene rings is 1. The number of amides is 3. The lowest BCUT2D eigenvalue weighted by atomic mass is 10.0. The predicted octanol–water partition coefficient (Wildman–Crippen LogP) is 2.08. The van der Waals surface area contributed by atoms with Crippen molar-refractivity contribution in [2.45, 2.75) is 46.2 Å². The molecule has 0 atom stereocenters. The van der Waals surface area contributed by atoms with Crippen molar-refractivity contribution in [3.05, 3.63) is 35.4 Å². The van der Waals surface area contributed by atoms with Crippen molar-refractivity contribution < 1.29 is 19.1 Å². The van der Waals surface area contributed by atoms with Crippen LogP contribution in [0.15, 0.2) is 24.3 Å². The fourth-order valence-corrected chi connectivity index (χ4v) is 3.19. The Morgan fingerprint density at radius 3 is 2.37 bits per heavy atom. The molecule has 1 N–H and O–H groups in total. The minimum absolute atomic E-state index is 0.0330. The van der Waals surface area contributed by atoms with Crippen molar-refractivity contribution >= 4 is 17.9 Å². The smallest absolute Gasteiger partial charge is 0.409 e. The summed E-state index contributed by atoms with van der Waals surface area (Å²) in [7, 11) is 0. The van der Waals surface area contributed by atoms with Gasteiger partial charge in [-0.15, -0.1) is 0 Å². The van der Waals surface area contributed by atoms with E-state index in [4.69, 9.17) is 4.74 Å². The molecule has 148 valence electrons. The van der Waals surface area contributed by atoms with Crippen LogP contribution in [-0.2, 0) is 20.9 Å². The summed E-state index contributed by atoms with van der Waals surface area (Å²) >= 11 is 0. The Hall–Kier alpha value is -2.57. The second kappa shape index (κ2) is 9.94. The van der Waals surface area contributed by atoms with Crippen molar-refractivity contribution in [2.24, 2.45) is 0 Å². The summed E-state index contributed by atoms with van der Waals surface area (Å²) in [4.78, 5) is 39.4. The third-order valence-corrected chi connectivity index (χ3v) is 4.76. The van der Waals surface area contributed by atoms with Gasteiger partial charge in [0.05, 0.1) is 13.2 Å². The molecule has 1 aliphatic rings. The molecule has 0 aliphatic carbocycles. The van der Waals surface area contributed by atoms with E-state index in [9.17, 15) is 14.4 Å². The van der Waals surface area contributed by atoms with Crippen molar-refractivity contribution in [1.29, 1.82) is 0 Å². The number of hydrogen-bond acceptors (Lipinski definition) is 4. The zero-order valence-corrected chi connectivity index (χ0v) is 16.4. The number of likely N-dealkylation sites (tertiary alicyclic amines) is 1. The van der Waals surface area contributed by atoms with Gasteiger partial charge in [-0.1, -0.05) is 29.8 Å². The molecule has 1 saturated heterocycles. The molecule has 0 radical (unpaired) electrons. The topological polar surface area (TPSA) is 79.0 Å². The van der Waals surface area contributed by atoms with Gasteiger partial charge in [-0.05, 0) is 32.3 Å². The fraction of sp³-hybridized carbons (Fsp3) is 0.550. The summed E-state index contributed by atoms with van der Waals surface area (Å²) < 4.78 is 5.01. The zero-order valence-electron chi connectivity index (χ0n) is 16.4. The highest BCUT2D eigenvalue weighted by molar-refractivity contribution is 5.84. The molecule has 0 aromatic heterocycles. The maximum Gasteiger partial charge on any atom is 0.409 e. The van der Waals surface area contributed by atoms with Crippen LogP contribution in [0, 0.1) is 6.92 Å². The SMILES string of the molecule is CCOC(=O)N1CCC(N(CC(=O)NCc2ccc(C)cc2)C(C)=O)CC1. The van der Waals surface area contributed by atoms with Gasteiger partial charge < -0.3 is 19.9 Å². The summed E-state index contributed by atoms with van der Waals surface area (Å²) in [5.41, 5.74) is 2.19. The first-order valence-corrected chi connectivity index (χ1v) is 9.41. The third-order valence-electron chi connectivity index (χ3n) is 4.76. The molecule has 0 unspecified atom stereocenters. The minimum Gasteiger partial charge on any atom is -0.450 e. The van der Waals surface area contributed by atoms with E-state index in [1.165, 1.54) is 12.5 Å². The summed E-state index contributed by atoms with van der Waals surface area (Å²) in [5, 5.41) is 2.87. The Kier molecular flexibility index (Phi) is 7.64. The number of carbonyl (C=O) groups excluding carboxylic acids is 3. The van der Waals surface area contributed by atoms with E-state index < -0.39 is 0 Å². The monoisotopic (exact) mass is 375 g/mol. The molecular formula is C20H29N3O4. The molecule has 1 aromatic carbocycles. The number of hydrogen-bond donors (Lipinski definition) is 1. The van der Waals surface area contributed by atoms with Gasteiger partial charge in [0, 0.05) is 32.6 Å². The number of rotatable bonds is 6. The number of nitrogens with zero attached hydrogens (tertiary/aromatic N) is 2. The zero-order chi connectivity index (χ0) is 19.8. The van der Waals surface area contributed by atoms with E-state index in [2.05, 4.69) is 5.32 Å². The maximum absolute atomic E-state index is 12.3. The molecule has 3 amide bonds. The van der Waals surface area contributed by atoms with Crippen LogP contribution in [-0.4, -0.2) is 60.0 Å². The summed E-state index contributed by atoms with van der Waals surface area (Å²) in [6.07, 6.45) is 0.967. The number of carbonyl (C=O) groups is 3. The molecule has 7 heteroatoms. The number of ether oxygens (including phenoxy) is 1. The van der Waals surface area contributed by atoms with Gasteiger partial charge in [-0.3, -0.25) is 9.59 Å². The highest BCUT2D eigenvalue weighted by atomic mass is 16.6. The average molecular weight is 375 g/mol. The Bertz CT molecular complexity index is 652. The van der Waals surface area contributed by atoms with Gasteiger partial charge in [0.2, 0.25) is 11.8 Å². The Labute approximate surface area is 160 Å². The van der Waals surface area contributed by atoms with Crippen LogP contribution in [0.25, 0.3) is 0 Å². The van der Waals surface area contributed by atoms with E-state index in [-0.39, 0.29) is 30.5 Å². The number of piperidine rings is 1. The second-order valence-corrected chi connectivity index (χ2v) is 6.83. The van der Waals surface area contributed by atoms with E-state index in [1.54, 1.807) is 16.7 Å². The van der Waals surface area contributed by atoms with Gasteiger partial charge >= 0.3 is 6.09 Å². The molecule has 0 spiro atoms. The van der Waals surface area contributed by atoms with Crippen LogP contribution in [0.5, 0.6) is 0 Å². The molecule has 1 heterocycles. The molecule has 1 aromatic rings. The highest BCUT2D eigenvalue weighted by Crippen LogP contribution is 2.17. The highest BCUT2D eigenvalue weighted by Gasteiger charge is 2.29. The molecule has 7 nitrogen and oxygen atoms in total. The minimum atomic E-state index is -0.318. The van der Waals surface area contributed by atoms with Crippen molar-refractivity contribution in [3.63, 3.8) is 0 Å². The molecule has 0 saturated carbocycles. The average Bonchev–Trinajstić information content (AvgIpc) is 2.66. The van der Waals surface area contributed by atoms with Crippen molar-refractivity contribution in [2.75, 3.05) is 26.2 Å². The molecular weight excluding hydrogens is 346 g/mol. The van der Waals surface area contributed by atoms with Gasteiger partial charge in [0.15, 0.2) is 0 Å². The van der Waals surface area contributed by atoms with Gasteiger partial charge in [-0.2, -0.15) is 0 Å². The lowest BCUT2D eigenvalue weighted by Crippen LogP contribution is -2.51. The Morgan fingerprint density at radius 2 is 1.81 bits per heavy atom. The molecule has 1 aliphatic heterocycles. The Morgan fingerprint density at radius 1 is 1.19 bits per heavy atom. The van der Waals surface area contributed by atoms with Gasteiger partial charge in [0.1, 0.15) is 0 Å². The maximum atomic E-state index is 12.3. The number of aryl methyl sites for hydroxylation is 1. The first-order chi connectivity index (χ1) is 12.9. The van der Waals surface area contributed by atoms with Crippen LogP contribution in [0.2, 0.25) is 0 Å². The van der Waals surface area contributed by atoms with Crippen molar-refractivity contribution in [1.82, 2.24) is 15.1 Å². The molecule has 1 fully saturated rings. The largest absolute Gasteiger partial charge is 0.450 e. The van der Waals surface area contributed by atoms with E-state index in [0.717, 1.165) is 5.56 Å². The molecule has 27 heavy (non-hydrogen) atoms. The van der Waals surface area contributed by atoms with E-state index in [1.807, 2.05) is 31.2 Å². The van der Waals surface area contributed by atoms with E-state index >= 15 is 0 Å². The van der Waals surface area contributed by atoms with Crippen LogP contribution in [0.3, 0.4) is 0 Å².